The van der Waals surface area contributed by atoms with E-state index in [0.717, 1.165) is 13.0 Å². The van der Waals surface area contributed by atoms with E-state index in [9.17, 15) is 0 Å². The molecule has 1 aromatic heterocycles. The minimum absolute atomic E-state index is 0.637. The van der Waals surface area contributed by atoms with Crippen LogP contribution < -0.4 is 0 Å². The Morgan fingerprint density at radius 2 is 2.12 bits per heavy atom. The molecule has 2 heteroatoms. The van der Waals surface area contributed by atoms with E-state index in [2.05, 4.69) is 48.9 Å². The van der Waals surface area contributed by atoms with Crippen LogP contribution >= 0.6 is 0 Å². The average molecular weight is 228 g/mol. The van der Waals surface area contributed by atoms with E-state index in [0.29, 0.717) is 6.04 Å². The second kappa shape index (κ2) is 3.88. The highest BCUT2D eigenvalue weighted by molar-refractivity contribution is 5.85. The fourth-order valence-corrected chi connectivity index (χ4v) is 2.79. The molecule has 0 saturated heterocycles. The molecule has 3 rings (SSSR count). The maximum atomic E-state index is 3.58. The maximum absolute atomic E-state index is 3.58. The molecule has 0 saturated carbocycles. The molecule has 17 heavy (non-hydrogen) atoms. The summed E-state index contributed by atoms with van der Waals surface area (Å²) in [6, 6.07) is 7.35. The SMILES string of the molecule is Cc1ccc2[nH]c3c(c2c1)CN(C(C)C)CC3. The molecule has 0 spiro atoms. The zero-order valence-corrected chi connectivity index (χ0v) is 10.9. The number of aromatic nitrogens is 1. The second-order valence-electron chi connectivity index (χ2n) is 5.45. The van der Waals surface area contributed by atoms with E-state index in [1.807, 2.05) is 0 Å². The van der Waals surface area contributed by atoms with Crippen LogP contribution in [0.2, 0.25) is 0 Å². The van der Waals surface area contributed by atoms with Gasteiger partial charge in [0.05, 0.1) is 0 Å². The van der Waals surface area contributed by atoms with E-state index in [1.165, 1.54) is 34.3 Å². The van der Waals surface area contributed by atoms with Crippen molar-refractivity contribution in [1.82, 2.24) is 9.88 Å². The van der Waals surface area contributed by atoms with Gasteiger partial charge in [-0.2, -0.15) is 0 Å². The van der Waals surface area contributed by atoms with Crippen molar-refractivity contribution in [2.24, 2.45) is 0 Å². The summed E-state index contributed by atoms with van der Waals surface area (Å²) < 4.78 is 0. The Morgan fingerprint density at radius 1 is 1.29 bits per heavy atom. The van der Waals surface area contributed by atoms with Gasteiger partial charge in [0.15, 0.2) is 0 Å². The number of H-pyrrole nitrogens is 1. The molecule has 1 aliphatic heterocycles. The molecule has 2 nitrogen and oxygen atoms in total. The Labute approximate surface area is 103 Å². The topological polar surface area (TPSA) is 19.0 Å². The summed E-state index contributed by atoms with van der Waals surface area (Å²) in [5, 5.41) is 1.42. The van der Waals surface area contributed by atoms with Crippen LogP contribution in [-0.4, -0.2) is 22.5 Å². The predicted octanol–water partition coefficient (Wildman–Crippen LogP) is 3.24. The Morgan fingerprint density at radius 3 is 2.88 bits per heavy atom. The van der Waals surface area contributed by atoms with Gasteiger partial charge >= 0.3 is 0 Å². The van der Waals surface area contributed by atoms with Gasteiger partial charge in [0.2, 0.25) is 0 Å². The normalized spacial score (nSPS) is 16.7. The van der Waals surface area contributed by atoms with E-state index in [-0.39, 0.29) is 0 Å². The molecule has 1 N–H and O–H groups in total. The number of fused-ring (bicyclic) bond motifs is 3. The van der Waals surface area contributed by atoms with Crippen LogP contribution in [0.5, 0.6) is 0 Å². The number of aromatic amines is 1. The summed E-state index contributed by atoms with van der Waals surface area (Å²) in [5.74, 6) is 0. The van der Waals surface area contributed by atoms with Gasteiger partial charge in [0, 0.05) is 42.1 Å². The summed E-state index contributed by atoms with van der Waals surface area (Å²) in [5.41, 5.74) is 5.61. The first-order valence-electron chi connectivity index (χ1n) is 6.49. The van der Waals surface area contributed by atoms with Crippen LogP contribution in [0.3, 0.4) is 0 Å². The smallest absolute Gasteiger partial charge is 0.0459 e. The number of benzene rings is 1. The molecule has 0 bridgehead atoms. The Bertz CT molecular complexity index is 551. The fourth-order valence-electron chi connectivity index (χ4n) is 2.79. The van der Waals surface area contributed by atoms with E-state index < -0.39 is 0 Å². The highest BCUT2D eigenvalue weighted by Crippen LogP contribution is 2.29. The number of aryl methyl sites for hydroxylation is 1. The third-order valence-electron chi connectivity index (χ3n) is 3.89. The van der Waals surface area contributed by atoms with Crippen molar-refractivity contribution in [3.63, 3.8) is 0 Å². The first kappa shape index (κ1) is 10.8. The van der Waals surface area contributed by atoms with Crippen LogP contribution in [0.25, 0.3) is 10.9 Å². The average Bonchev–Trinajstić information content (AvgIpc) is 2.66. The van der Waals surface area contributed by atoms with E-state index in [4.69, 9.17) is 0 Å². The Balaban J connectivity index is 2.10. The number of nitrogens with zero attached hydrogens (tertiary/aromatic N) is 1. The lowest BCUT2D eigenvalue weighted by molar-refractivity contribution is 0.203. The summed E-state index contributed by atoms with van der Waals surface area (Å²) >= 11 is 0. The van der Waals surface area contributed by atoms with Crippen LogP contribution in [0.4, 0.5) is 0 Å². The summed E-state index contributed by atoms with van der Waals surface area (Å²) in [4.78, 5) is 6.13. The van der Waals surface area contributed by atoms with Crippen LogP contribution in [0.1, 0.15) is 30.7 Å². The van der Waals surface area contributed by atoms with Crippen molar-refractivity contribution in [3.8, 4) is 0 Å². The van der Waals surface area contributed by atoms with Gasteiger partial charge in [-0.1, -0.05) is 11.6 Å². The van der Waals surface area contributed by atoms with Gasteiger partial charge in [-0.15, -0.1) is 0 Å². The summed E-state index contributed by atoms with van der Waals surface area (Å²) in [6.45, 7) is 9.00. The highest BCUT2D eigenvalue weighted by atomic mass is 15.2. The fraction of sp³-hybridized carbons (Fsp3) is 0.467. The molecular weight excluding hydrogens is 208 g/mol. The largest absolute Gasteiger partial charge is 0.358 e. The molecule has 1 aliphatic rings. The second-order valence-corrected chi connectivity index (χ2v) is 5.45. The lowest BCUT2D eigenvalue weighted by Crippen LogP contribution is -2.35. The minimum Gasteiger partial charge on any atom is -0.358 e. The molecule has 0 atom stereocenters. The first-order valence-corrected chi connectivity index (χ1v) is 6.49. The van der Waals surface area contributed by atoms with Crippen LogP contribution in [-0.2, 0) is 13.0 Å². The molecule has 0 fully saturated rings. The van der Waals surface area contributed by atoms with Gasteiger partial charge in [-0.3, -0.25) is 4.90 Å². The molecule has 0 aliphatic carbocycles. The number of rotatable bonds is 1. The Kier molecular flexibility index (Phi) is 2.48. The van der Waals surface area contributed by atoms with Crippen molar-refractivity contribution >= 4 is 10.9 Å². The Hall–Kier alpha value is -1.28. The molecule has 0 unspecified atom stereocenters. The minimum atomic E-state index is 0.637. The lowest BCUT2D eigenvalue weighted by Gasteiger charge is -2.30. The summed E-state index contributed by atoms with van der Waals surface area (Å²) in [7, 11) is 0. The van der Waals surface area contributed by atoms with Crippen LogP contribution in [0.15, 0.2) is 18.2 Å². The standard InChI is InChI=1S/C15H20N2/c1-10(2)17-7-6-15-13(9-17)12-8-11(3)4-5-14(12)16-15/h4-5,8,10,16H,6-7,9H2,1-3H3. The van der Waals surface area contributed by atoms with Crippen molar-refractivity contribution in [2.75, 3.05) is 6.54 Å². The van der Waals surface area contributed by atoms with Gasteiger partial charge in [0.1, 0.15) is 0 Å². The quantitative estimate of drug-likeness (QED) is 0.794. The maximum Gasteiger partial charge on any atom is 0.0459 e. The van der Waals surface area contributed by atoms with Crippen molar-refractivity contribution in [1.29, 1.82) is 0 Å². The zero-order chi connectivity index (χ0) is 12.0. The zero-order valence-electron chi connectivity index (χ0n) is 10.9. The molecule has 2 aromatic rings. The first-order chi connectivity index (χ1) is 8.15. The molecule has 90 valence electrons. The number of hydrogen-bond acceptors (Lipinski definition) is 1. The molecule has 0 amide bonds. The number of nitrogens with one attached hydrogen (secondary N) is 1. The van der Waals surface area contributed by atoms with E-state index in [1.54, 1.807) is 0 Å². The number of hydrogen-bond donors (Lipinski definition) is 1. The van der Waals surface area contributed by atoms with Gasteiger partial charge in [0.25, 0.3) is 0 Å². The molecular formula is C15H20N2. The highest BCUT2D eigenvalue weighted by Gasteiger charge is 2.21. The van der Waals surface area contributed by atoms with Gasteiger partial charge in [-0.25, -0.2) is 0 Å². The van der Waals surface area contributed by atoms with Crippen LogP contribution in [0, 0.1) is 6.92 Å². The van der Waals surface area contributed by atoms with Crippen molar-refractivity contribution in [2.45, 2.75) is 39.8 Å². The third kappa shape index (κ3) is 1.77. The monoisotopic (exact) mass is 228 g/mol. The predicted molar refractivity (Wildman–Crippen MR) is 72.3 cm³/mol. The third-order valence-corrected chi connectivity index (χ3v) is 3.89. The molecule has 0 radical (unpaired) electrons. The van der Waals surface area contributed by atoms with E-state index >= 15 is 0 Å². The summed E-state index contributed by atoms with van der Waals surface area (Å²) in [6.07, 6.45) is 1.15. The van der Waals surface area contributed by atoms with Crippen molar-refractivity contribution in [3.05, 3.63) is 35.0 Å². The van der Waals surface area contributed by atoms with Gasteiger partial charge in [-0.05, 0) is 38.5 Å². The molecule has 1 aromatic carbocycles. The lowest BCUT2D eigenvalue weighted by atomic mass is 10.0. The van der Waals surface area contributed by atoms with Crippen molar-refractivity contribution < 1.29 is 0 Å². The van der Waals surface area contributed by atoms with Gasteiger partial charge < -0.3 is 4.98 Å². The molecule has 2 heterocycles.